The average Bonchev–Trinajstić information content (AvgIpc) is 2.56. The third-order valence-electron chi connectivity index (χ3n) is 3.15. The van der Waals surface area contributed by atoms with Gasteiger partial charge < -0.3 is 14.7 Å². The van der Waals surface area contributed by atoms with Gasteiger partial charge in [-0.3, -0.25) is 10.1 Å². The minimum atomic E-state index is -4.72. The molecule has 0 saturated carbocycles. The summed E-state index contributed by atoms with van der Waals surface area (Å²) in [5.74, 6) is -0.144. The van der Waals surface area contributed by atoms with Crippen LogP contribution in [0.5, 0.6) is 17.2 Å². The standard InChI is InChI=1S/C15H10F3IN2O5/c1-25-13-5-8(7-20-22)4-10(19)14(13)26-12-3-2-9(15(16,17)18)6-11(12)21(23)24/h2-7,22H,1H3/b20-7-. The molecule has 0 bridgehead atoms. The molecule has 0 spiro atoms. The molecule has 11 heteroatoms. The number of nitrogens with zero attached hydrogens (tertiary/aromatic N) is 2. The molecule has 0 aliphatic rings. The van der Waals surface area contributed by atoms with Gasteiger partial charge in [0.1, 0.15) is 0 Å². The van der Waals surface area contributed by atoms with Gasteiger partial charge in [-0.2, -0.15) is 13.2 Å². The summed E-state index contributed by atoms with van der Waals surface area (Å²) in [5.41, 5.74) is -1.53. The van der Waals surface area contributed by atoms with Crippen LogP contribution in [-0.4, -0.2) is 23.5 Å². The van der Waals surface area contributed by atoms with Crippen molar-refractivity contribution >= 4 is 34.5 Å². The van der Waals surface area contributed by atoms with Crippen molar-refractivity contribution in [1.82, 2.24) is 0 Å². The fourth-order valence-electron chi connectivity index (χ4n) is 2.01. The van der Waals surface area contributed by atoms with E-state index in [0.717, 1.165) is 12.3 Å². The number of benzene rings is 2. The van der Waals surface area contributed by atoms with Crippen LogP contribution in [0.3, 0.4) is 0 Å². The van der Waals surface area contributed by atoms with Crippen LogP contribution >= 0.6 is 22.6 Å². The third-order valence-corrected chi connectivity index (χ3v) is 3.95. The molecule has 0 amide bonds. The van der Waals surface area contributed by atoms with Crippen LogP contribution in [0.2, 0.25) is 0 Å². The average molecular weight is 482 g/mol. The zero-order chi connectivity index (χ0) is 19.5. The van der Waals surface area contributed by atoms with Crippen LogP contribution in [0.25, 0.3) is 0 Å². The van der Waals surface area contributed by atoms with Gasteiger partial charge in [0.15, 0.2) is 11.5 Å². The van der Waals surface area contributed by atoms with Gasteiger partial charge >= 0.3 is 11.9 Å². The maximum atomic E-state index is 12.8. The lowest BCUT2D eigenvalue weighted by atomic mass is 10.1. The second-order valence-electron chi connectivity index (χ2n) is 4.82. The maximum Gasteiger partial charge on any atom is 0.416 e. The molecule has 2 aromatic rings. The van der Waals surface area contributed by atoms with E-state index in [9.17, 15) is 23.3 Å². The van der Waals surface area contributed by atoms with Crippen molar-refractivity contribution in [3.05, 3.63) is 55.1 Å². The smallest absolute Gasteiger partial charge is 0.416 e. The van der Waals surface area contributed by atoms with E-state index in [-0.39, 0.29) is 17.2 Å². The molecule has 7 nitrogen and oxygen atoms in total. The van der Waals surface area contributed by atoms with Crippen LogP contribution < -0.4 is 9.47 Å². The van der Waals surface area contributed by atoms with Crippen molar-refractivity contribution in [3.63, 3.8) is 0 Å². The normalized spacial score (nSPS) is 11.6. The zero-order valence-electron chi connectivity index (χ0n) is 13.0. The van der Waals surface area contributed by atoms with Crippen LogP contribution in [0.4, 0.5) is 18.9 Å². The minimum Gasteiger partial charge on any atom is -0.493 e. The predicted octanol–water partition coefficient (Wildman–Crippen LogP) is 4.83. The van der Waals surface area contributed by atoms with Gasteiger partial charge in [0.05, 0.1) is 27.4 Å². The summed E-state index contributed by atoms with van der Waals surface area (Å²) >= 11 is 1.85. The molecular weight excluding hydrogens is 472 g/mol. The molecule has 1 N–H and O–H groups in total. The molecule has 0 aliphatic heterocycles. The highest BCUT2D eigenvalue weighted by Crippen LogP contribution is 2.42. The zero-order valence-corrected chi connectivity index (χ0v) is 15.1. The van der Waals surface area contributed by atoms with E-state index < -0.39 is 22.4 Å². The number of ether oxygens (including phenoxy) is 2. The molecular formula is C15H10F3IN2O5. The molecule has 0 heterocycles. The molecule has 0 saturated heterocycles. The molecule has 0 atom stereocenters. The Morgan fingerprint density at radius 2 is 1.96 bits per heavy atom. The predicted molar refractivity (Wildman–Crippen MR) is 93.3 cm³/mol. The van der Waals surface area contributed by atoms with Gasteiger partial charge in [0, 0.05) is 11.6 Å². The Balaban J connectivity index is 2.53. The van der Waals surface area contributed by atoms with E-state index in [4.69, 9.17) is 14.7 Å². The first-order valence-corrected chi connectivity index (χ1v) is 7.83. The van der Waals surface area contributed by atoms with E-state index >= 15 is 0 Å². The highest BCUT2D eigenvalue weighted by Gasteiger charge is 2.33. The summed E-state index contributed by atoms with van der Waals surface area (Å²) < 4.78 is 49.4. The van der Waals surface area contributed by atoms with E-state index in [0.29, 0.717) is 21.3 Å². The number of methoxy groups -OCH3 is 1. The second-order valence-corrected chi connectivity index (χ2v) is 5.98. The van der Waals surface area contributed by atoms with Crippen molar-refractivity contribution in [1.29, 1.82) is 0 Å². The van der Waals surface area contributed by atoms with Crippen molar-refractivity contribution < 1.29 is 32.8 Å². The summed E-state index contributed by atoms with van der Waals surface area (Å²) in [6.45, 7) is 0. The van der Waals surface area contributed by atoms with Crippen molar-refractivity contribution in [2.24, 2.45) is 5.16 Å². The molecule has 138 valence electrons. The molecule has 26 heavy (non-hydrogen) atoms. The van der Waals surface area contributed by atoms with E-state index in [1.54, 1.807) is 0 Å². The summed E-state index contributed by atoms with van der Waals surface area (Å²) in [6.07, 6.45) is -3.59. The van der Waals surface area contributed by atoms with E-state index in [1.165, 1.54) is 19.2 Å². The highest BCUT2D eigenvalue weighted by molar-refractivity contribution is 14.1. The number of oxime groups is 1. The Hall–Kier alpha value is -2.57. The molecule has 2 aromatic carbocycles. The number of hydrogen-bond donors (Lipinski definition) is 1. The fraction of sp³-hybridized carbons (Fsp3) is 0.133. The van der Waals surface area contributed by atoms with Gasteiger partial charge in [-0.25, -0.2) is 0 Å². The Labute approximate surface area is 158 Å². The fourth-order valence-corrected chi connectivity index (χ4v) is 2.75. The van der Waals surface area contributed by atoms with Crippen molar-refractivity contribution in [2.45, 2.75) is 6.18 Å². The Morgan fingerprint density at radius 1 is 1.27 bits per heavy atom. The summed E-state index contributed by atoms with van der Waals surface area (Å²) in [6, 6.07) is 4.94. The minimum absolute atomic E-state index is 0.0750. The molecule has 0 aliphatic carbocycles. The quantitative estimate of drug-likeness (QED) is 0.217. The van der Waals surface area contributed by atoms with Gasteiger partial charge in [-0.15, -0.1) is 0 Å². The van der Waals surface area contributed by atoms with Crippen LogP contribution in [-0.2, 0) is 6.18 Å². The number of rotatable bonds is 5. The Kier molecular flexibility index (Phi) is 5.90. The number of nitro groups is 1. The molecule has 0 unspecified atom stereocenters. The van der Waals surface area contributed by atoms with E-state index in [1.807, 2.05) is 22.6 Å². The largest absolute Gasteiger partial charge is 0.493 e. The van der Waals surface area contributed by atoms with E-state index in [2.05, 4.69) is 5.16 Å². The molecule has 0 radical (unpaired) electrons. The van der Waals surface area contributed by atoms with Crippen molar-refractivity contribution in [2.75, 3.05) is 7.11 Å². The summed E-state index contributed by atoms with van der Waals surface area (Å²) in [7, 11) is 1.32. The van der Waals surface area contributed by atoms with Gasteiger partial charge in [0.25, 0.3) is 0 Å². The maximum absolute atomic E-state index is 12.8. The Morgan fingerprint density at radius 3 is 2.50 bits per heavy atom. The number of alkyl halides is 3. The lowest BCUT2D eigenvalue weighted by molar-refractivity contribution is -0.385. The number of hydrogen-bond acceptors (Lipinski definition) is 6. The topological polar surface area (TPSA) is 94.2 Å². The number of nitro benzene ring substituents is 1. The van der Waals surface area contributed by atoms with Crippen LogP contribution in [0.15, 0.2) is 35.5 Å². The first-order chi connectivity index (χ1) is 12.2. The first-order valence-electron chi connectivity index (χ1n) is 6.75. The number of halogens is 4. The first kappa shape index (κ1) is 19.8. The second kappa shape index (κ2) is 7.76. The molecule has 0 fully saturated rings. The third kappa shape index (κ3) is 4.33. The van der Waals surface area contributed by atoms with Crippen molar-refractivity contribution in [3.8, 4) is 17.2 Å². The van der Waals surface area contributed by atoms with Gasteiger partial charge in [-0.05, 0) is 46.9 Å². The molecule has 2 rings (SSSR count). The van der Waals surface area contributed by atoms with Crippen LogP contribution in [0, 0.1) is 13.7 Å². The van der Waals surface area contributed by atoms with Crippen LogP contribution in [0.1, 0.15) is 11.1 Å². The SMILES string of the molecule is COc1cc(/C=N\O)cc(I)c1Oc1ccc(C(F)(F)F)cc1[N+](=O)[O-]. The monoisotopic (exact) mass is 482 g/mol. The highest BCUT2D eigenvalue weighted by atomic mass is 127. The van der Waals surface area contributed by atoms with Gasteiger partial charge in [0.2, 0.25) is 5.75 Å². The lowest BCUT2D eigenvalue weighted by Gasteiger charge is -2.14. The summed E-state index contributed by atoms with van der Waals surface area (Å²) in [4.78, 5) is 10.2. The van der Waals surface area contributed by atoms with Gasteiger partial charge in [-0.1, -0.05) is 5.16 Å². The molecule has 0 aromatic heterocycles. The lowest BCUT2D eigenvalue weighted by Crippen LogP contribution is -2.06. The summed E-state index contributed by atoms with van der Waals surface area (Å²) in [5, 5.41) is 22.6. The Bertz CT molecular complexity index is 871.